The minimum absolute atomic E-state index is 0.121. The molecule has 2 aliphatic rings. The van der Waals surface area contributed by atoms with E-state index in [-0.39, 0.29) is 18.0 Å². The van der Waals surface area contributed by atoms with Gasteiger partial charge in [0.25, 0.3) is 0 Å². The van der Waals surface area contributed by atoms with Gasteiger partial charge in [-0.25, -0.2) is 4.39 Å². The summed E-state index contributed by atoms with van der Waals surface area (Å²) in [4.78, 5) is 22.6. The zero-order valence-corrected chi connectivity index (χ0v) is 9.62. The summed E-state index contributed by atoms with van der Waals surface area (Å²) in [5.41, 5.74) is 0.279. The highest BCUT2D eigenvalue weighted by Gasteiger charge is 2.46. The molecule has 1 amide bonds. The Morgan fingerprint density at radius 2 is 2.11 bits per heavy atom. The molecular formula is C13H12FNO3. The molecule has 1 aromatic rings. The minimum atomic E-state index is -0.957. The lowest BCUT2D eigenvalue weighted by Gasteiger charge is -2.38. The van der Waals surface area contributed by atoms with E-state index in [0.29, 0.717) is 24.0 Å². The van der Waals surface area contributed by atoms with E-state index in [0.717, 1.165) is 6.42 Å². The molecule has 0 spiro atoms. The van der Waals surface area contributed by atoms with E-state index in [1.807, 2.05) is 0 Å². The number of carbonyl (C=O) groups is 2. The SMILES string of the molecule is O=C1Cc2cc(C3(C(=O)O)CCC3)cc(F)c2N1. The van der Waals surface area contributed by atoms with Crippen molar-refractivity contribution in [2.75, 3.05) is 5.32 Å². The lowest BCUT2D eigenvalue weighted by Crippen LogP contribution is -2.42. The molecule has 1 aliphatic carbocycles. The predicted molar refractivity (Wildman–Crippen MR) is 61.9 cm³/mol. The molecule has 1 fully saturated rings. The molecule has 1 aliphatic heterocycles. The third kappa shape index (κ3) is 1.36. The highest BCUT2D eigenvalue weighted by molar-refractivity contribution is 5.99. The minimum Gasteiger partial charge on any atom is -0.481 e. The fourth-order valence-electron chi connectivity index (χ4n) is 2.73. The number of carboxylic acids is 1. The number of halogens is 1. The van der Waals surface area contributed by atoms with E-state index < -0.39 is 17.2 Å². The Balaban J connectivity index is 2.10. The highest BCUT2D eigenvalue weighted by Crippen LogP contribution is 2.45. The number of amides is 1. The van der Waals surface area contributed by atoms with Crippen molar-refractivity contribution < 1.29 is 19.1 Å². The van der Waals surface area contributed by atoms with Gasteiger partial charge in [0.05, 0.1) is 17.5 Å². The molecule has 4 nitrogen and oxygen atoms in total. The van der Waals surface area contributed by atoms with Gasteiger partial charge in [0.1, 0.15) is 5.82 Å². The number of nitrogens with one attached hydrogen (secondary N) is 1. The molecule has 3 rings (SSSR count). The van der Waals surface area contributed by atoms with Crippen molar-refractivity contribution in [1.82, 2.24) is 0 Å². The van der Waals surface area contributed by atoms with Gasteiger partial charge >= 0.3 is 5.97 Å². The Labute approximate surface area is 103 Å². The highest BCUT2D eigenvalue weighted by atomic mass is 19.1. The molecule has 2 N–H and O–H groups in total. The molecule has 1 saturated carbocycles. The molecule has 18 heavy (non-hydrogen) atoms. The van der Waals surface area contributed by atoms with Crippen molar-refractivity contribution in [2.45, 2.75) is 31.1 Å². The second-order valence-corrected chi connectivity index (χ2v) is 4.96. The van der Waals surface area contributed by atoms with Crippen LogP contribution in [0.5, 0.6) is 0 Å². The molecule has 5 heteroatoms. The smallest absolute Gasteiger partial charge is 0.314 e. The largest absolute Gasteiger partial charge is 0.481 e. The predicted octanol–water partition coefficient (Wildman–Crippen LogP) is 1.83. The molecule has 0 saturated heterocycles. The summed E-state index contributed by atoms with van der Waals surface area (Å²) in [6.07, 6.45) is 2.02. The maximum Gasteiger partial charge on any atom is 0.314 e. The van der Waals surface area contributed by atoms with E-state index in [1.165, 1.54) is 6.07 Å². The summed E-state index contributed by atoms with van der Waals surface area (Å²) in [5.74, 6) is -1.70. The van der Waals surface area contributed by atoms with E-state index in [9.17, 15) is 19.1 Å². The first-order chi connectivity index (χ1) is 8.53. The maximum absolute atomic E-state index is 13.9. The fraction of sp³-hybridized carbons (Fsp3) is 0.385. The Morgan fingerprint density at radius 1 is 1.39 bits per heavy atom. The molecule has 0 aromatic heterocycles. The lowest BCUT2D eigenvalue weighted by atomic mass is 9.64. The lowest BCUT2D eigenvalue weighted by molar-refractivity contribution is -0.147. The standard InChI is InChI=1S/C13H12FNO3/c14-9-6-8(13(12(17)18)2-1-3-13)4-7-5-10(16)15-11(7)9/h4,6H,1-3,5H2,(H,15,16)(H,17,18). The number of rotatable bonds is 2. The van der Waals surface area contributed by atoms with Gasteiger partial charge < -0.3 is 10.4 Å². The van der Waals surface area contributed by atoms with Crippen molar-refractivity contribution in [3.8, 4) is 0 Å². The molecule has 1 aromatic carbocycles. The summed E-state index contributed by atoms with van der Waals surface area (Å²) in [6.45, 7) is 0. The van der Waals surface area contributed by atoms with Gasteiger partial charge in [0, 0.05) is 0 Å². The monoisotopic (exact) mass is 249 g/mol. The van der Waals surface area contributed by atoms with Gasteiger partial charge in [-0.2, -0.15) is 0 Å². The summed E-state index contributed by atoms with van der Waals surface area (Å²) in [6, 6.07) is 2.90. The van der Waals surface area contributed by atoms with Crippen LogP contribution in [0.2, 0.25) is 0 Å². The summed E-state index contributed by atoms with van der Waals surface area (Å²) in [5, 5.41) is 11.8. The Morgan fingerprint density at radius 3 is 2.67 bits per heavy atom. The number of carbonyl (C=O) groups excluding carboxylic acids is 1. The number of hydrogen-bond acceptors (Lipinski definition) is 2. The quantitative estimate of drug-likeness (QED) is 0.840. The van der Waals surface area contributed by atoms with Gasteiger partial charge in [-0.15, -0.1) is 0 Å². The van der Waals surface area contributed by atoms with Crippen molar-refractivity contribution in [2.24, 2.45) is 0 Å². The molecular weight excluding hydrogens is 237 g/mol. The van der Waals surface area contributed by atoms with Crippen LogP contribution < -0.4 is 5.32 Å². The molecule has 0 atom stereocenters. The third-order valence-corrected chi connectivity index (χ3v) is 3.96. The third-order valence-electron chi connectivity index (χ3n) is 3.96. The van der Waals surface area contributed by atoms with Gasteiger partial charge in [-0.05, 0) is 30.0 Å². The topological polar surface area (TPSA) is 66.4 Å². The van der Waals surface area contributed by atoms with Crippen LogP contribution >= 0.6 is 0 Å². The van der Waals surface area contributed by atoms with Crippen LogP contribution in [0, 0.1) is 5.82 Å². The number of aliphatic carboxylic acids is 1. The van der Waals surface area contributed by atoms with Crippen LogP contribution in [-0.2, 0) is 21.4 Å². The Hall–Kier alpha value is -1.91. The first-order valence-electron chi connectivity index (χ1n) is 5.89. The summed E-state index contributed by atoms with van der Waals surface area (Å²) >= 11 is 0. The number of fused-ring (bicyclic) bond motifs is 1. The van der Waals surface area contributed by atoms with Crippen molar-refractivity contribution in [3.05, 3.63) is 29.1 Å². The second kappa shape index (κ2) is 3.54. The molecule has 94 valence electrons. The van der Waals surface area contributed by atoms with Crippen LogP contribution in [0.4, 0.5) is 10.1 Å². The van der Waals surface area contributed by atoms with Crippen LogP contribution in [-0.4, -0.2) is 17.0 Å². The molecule has 0 bridgehead atoms. The number of anilines is 1. The molecule has 0 radical (unpaired) electrons. The summed E-state index contributed by atoms with van der Waals surface area (Å²) < 4.78 is 13.9. The van der Waals surface area contributed by atoms with Crippen LogP contribution in [0.25, 0.3) is 0 Å². The van der Waals surface area contributed by atoms with Gasteiger partial charge in [0.15, 0.2) is 0 Å². The van der Waals surface area contributed by atoms with Gasteiger partial charge in [-0.3, -0.25) is 9.59 Å². The van der Waals surface area contributed by atoms with Gasteiger partial charge in [0.2, 0.25) is 5.91 Å². The Kier molecular flexibility index (Phi) is 2.20. The molecule has 1 heterocycles. The van der Waals surface area contributed by atoms with Gasteiger partial charge in [-0.1, -0.05) is 12.5 Å². The van der Waals surface area contributed by atoms with E-state index >= 15 is 0 Å². The van der Waals surface area contributed by atoms with Crippen molar-refractivity contribution in [3.63, 3.8) is 0 Å². The zero-order valence-electron chi connectivity index (χ0n) is 9.62. The van der Waals surface area contributed by atoms with Crippen LogP contribution in [0.1, 0.15) is 30.4 Å². The van der Waals surface area contributed by atoms with Crippen molar-refractivity contribution in [1.29, 1.82) is 0 Å². The number of carboxylic acid groups (broad SMARTS) is 1. The second-order valence-electron chi connectivity index (χ2n) is 4.96. The van der Waals surface area contributed by atoms with Crippen molar-refractivity contribution >= 4 is 17.6 Å². The average Bonchev–Trinajstić information content (AvgIpc) is 2.56. The average molecular weight is 249 g/mol. The van der Waals surface area contributed by atoms with E-state index in [4.69, 9.17) is 0 Å². The van der Waals surface area contributed by atoms with Crippen LogP contribution in [0.3, 0.4) is 0 Å². The first kappa shape index (κ1) is 11.2. The van der Waals surface area contributed by atoms with E-state index in [1.54, 1.807) is 6.07 Å². The van der Waals surface area contributed by atoms with Crippen LogP contribution in [0.15, 0.2) is 12.1 Å². The maximum atomic E-state index is 13.9. The fourth-order valence-corrected chi connectivity index (χ4v) is 2.73. The number of benzene rings is 1. The summed E-state index contributed by atoms with van der Waals surface area (Å²) in [7, 11) is 0. The normalized spacial score (nSPS) is 19.9. The first-order valence-corrected chi connectivity index (χ1v) is 5.89. The van der Waals surface area contributed by atoms with E-state index in [2.05, 4.69) is 5.32 Å². The Bertz CT molecular complexity index is 564. The molecule has 0 unspecified atom stereocenters. The zero-order chi connectivity index (χ0) is 12.9. The number of hydrogen-bond donors (Lipinski definition) is 2.